The fraction of sp³-hybridized carbons (Fsp3) is 0.429. The van der Waals surface area contributed by atoms with Crippen LogP contribution in [0.1, 0.15) is 30.6 Å². The summed E-state index contributed by atoms with van der Waals surface area (Å²) in [6, 6.07) is 2.46. The van der Waals surface area contributed by atoms with Crippen LogP contribution in [0.4, 0.5) is 26.3 Å². The highest BCUT2D eigenvalue weighted by atomic mass is 19.4. The zero-order valence-corrected chi connectivity index (χ0v) is 12.3. The Kier molecular flexibility index (Phi) is 6.22. The van der Waals surface area contributed by atoms with Crippen LogP contribution in [0.5, 0.6) is 0 Å². The Labute approximate surface area is 132 Å². The van der Waals surface area contributed by atoms with Gasteiger partial charge in [-0.1, -0.05) is 12.1 Å². The normalized spacial score (nSPS) is 13.3. The number of alkyl halides is 6. The summed E-state index contributed by atoms with van der Waals surface area (Å²) in [6.07, 6.45) is -13.3. The Morgan fingerprint density at radius 2 is 1.79 bits per heavy atom. The predicted octanol–water partition coefficient (Wildman–Crippen LogP) is 3.38. The minimum absolute atomic E-state index is 0.249. The van der Waals surface area contributed by atoms with Crippen LogP contribution in [0.25, 0.3) is 0 Å². The maximum absolute atomic E-state index is 13.0. The summed E-state index contributed by atoms with van der Waals surface area (Å²) in [5.41, 5.74) is -2.13. The summed E-state index contributed by atoms with van der Waals surface area (Å²) in [5, 5.41) is 2.19. The van der Waals surface area contributed by atoms with Crippen LogP contribution in [0.2, 0.25) is 0 Å². The molecule has 24 heavy (non-hydrogen) atoms. The molecule has 1 atom stereocenters. The van der Waals surface area contributed by atoms with Crippen LogP contribution in [0.15, 0.2) is 24.3 Å². The van der Waals surface area contributed by atoms with E-state index in [0.29, 0.717) is 6.07 Å². The molecule has 10 heteroatoms. The third kappa shape index (κ3) is 6.09. The maximum atomic E-state index is 13.0. The molecule has 0 aliphatic rings. The van der Waals surface area contributed by atoms with Crippen molar-refractivity contribution in [2.24, 2.45) is 0 Å². The third-order valence-electron chi connectivity index (χ3n) is 2.77. The molecule has 0 unspecified atom stereocenters. The van der Waals surface area contributed by atoms with Crippen molar-refractivity contribution < 1.29 is 40.7 Å². The van der Waals surface area contributed by atoms with Crippen LogP contribution in [-0.2, 0) is 20.5 Å². The van der Waals surface area contributed by atoms with Crippen molar-refractivity contribution in [3.8, 4) is 0 Å². The summed E-state index contributed by atoms with van der Waals surface area (Å²) < 4.78 is 81.1. The summed E-state index contributed by atoms with van der Waals surface area (Å²) in [6.45, 7) is 0.897. The number of amides is 1. The van der Waals surface area contributed by atoms with Gasteiger partial charge in [0.2, 0.25) is 12.0 Å². The zero-order valence-electron chi connectivity index (χ0n) is 12.3. The van der Waals surface area contributed by atoms with Crippen molar-refractivity contribution in [3.63, 3.8) is 0 Å². The number of nitrogens with one attached hydrogen (secondary N) is 1. The van der Waals surface area contributed by atoms with E-state index in [4.69, 9.17) is 0 Å². The standard InChI is InChI=1S/C14H13F6NO3/c1-8(22)21-6-5-11(23)24-12(14(18,19)20)9-3-2-4-10(7-9)13(15,16)17/h2-4,7,12H,5-6H2,1H3,(H,21,22)/t12-/m1/s1. The molecule has 1 amide bonds. The monoisotopic (exact) mass is 357 g/mol. The maximum Gasteiger partial charge on any atom is 0.429 e. The van der Waals surface area contributed by atoms with Gasteiger partial charge in [-0.05, 0) is 12.1 Å². The van der Waals surface area contributed by atoms with Crippen molar-refractivity contribution in [2.45, 2.75) is 31.8 Å². The smallest absolute Gasteiger partial charge is 0.429 e. The van der Waals surface area contributed by atoms with E-state index in [9.17, 15) is 35.9 Å². The van der Waals surface area contributed by atoms with Crippen LogP contribution in [0.3, 0.4) is 0 Å². The molecule has 0 saturated carbocycles. The van der Waals surface area contributed by atoms with Gasteiger partial charge in [0.15, 0.2) is 0 Å². The van der Waals surface area contributed by atoms with E-state index in [0.717, 1.165) is 19.1 Å². The van der Waals surface area contributed by atoms with Gasteiger partial charge in [-0.3, -0.25) is 9.59 Å². The molecule has 0 heterocycles. The Morgan fingerprint density at radius 1 is 1.17 bits per heavy atom. The summed E-state index contributed by atoms with van der Waals surface area (Å²) in [5.74, 6) is -1.79. The molecule has 0 aliphatic heterocycles. The number of ether oxygens (including phenoxy) is 1. The molecule has 0 radical (unpaired) electrons. The fourth-order valence-electron chi connectivity index (χ4n) is 1.73. The molecule has 1 aromatic rings. The highest BCUT2D eigenvalue weighted by molar-refractivity contribution is 5.74. The predicted molar refractivity (Wildman–Crippen MR) is 69.6 cm³/mol. The van der Waals surface area contributed by atoms with Gasteiger partial charge in [-0.15, -0.1) is 0 Å². The lowest BCUT2D eigenvalue weighted by Crippen LogP contribution is -2.29. The van der Waals surface area contributed by atoms with Gasteiger partial charge in [-0.25, -0.2) is 0 Å². The average Bonchev–Trinajstić information content (AvgIpc) is 2.42. The van der Waals surface area contributed by atoms with Gasteiger partial charge in [0.1, 0.15) is 0 Å². The molecule has 0 bridgehead atoms. The SMILES string of the molecule is CC(=O)NCCC(=O)O[C@H](c1cccc(C(F)(F)F)c1)C(F)(F)F. The Bertz CT molecular complexity index is 597. The molecule has 0 saturated heterocycles. The van der Waals surface area contributed by atoms with Gasteiger partial charge in [0.05, 0.1) is 12.0 Å². The summed E-state index contributed by atoms with van der Waals surface area (Å²) in [4.78, 5) is 22.1. The number of esters is 1. The number of rotatable bonds is 5. The van der Waals surface area contributed by atoms with E-state index in [1.54, 1.807) is 0 Å². The number of benzene rings is 1. The van der Waals surface area contributed by atoms with E-state index in [1.807, 2.05) is 0 Å². The van der Waals surface area contributed by atoms with Crippen LogP contribution < -0.4 is 5.32 Å². The molecule has 0 aliphatic carbocycles. The van der Waals surface area contributed by atoms with Gasteiger partial charge in [-0.2, -0.15) is 26.3 Å². The molecule has 4 nitrogen and oxygen atoms in total. The van der Waals surface area contributed by atoms with Crippen molar-refractivity contribution >= 4 is 11.9 Å². The second-order valence-corrected chi connectivity index (χ2v) is 4.77. The fourth-order valence-corrected chi connectivity index (χ4v) is 1.73. The van der Waals surface area contributed by atoms with Gasteiger partial charge < -0.3 is 10.1 Å². The Balaban J connectivity index is 2.95. The molecule has 1 N–H and O–H groups in total. The van der Waals surface area contributed by atoms with E-state index in [2.05, 4.69) is 10.1 Å². The van der Waals surface area contributed by atoms with Crippen molar-refractivity contribution in [1.82, 2.24) is 5.32 Å². The number of carbonyl (C=O) groups is 2. The second-order valence-electron chi connectivity index (χ2n) is 4.77. The minimum Gasteiger partial charge on any atom is -0.448 e. The molecule has 1 rings (SSSR count). The first kappa shape index (κ1) is 19.8. The van der Waals surface area contributed by atoms with E-state index in [-0.39, 0.29) is 12.6 Å². The molecular weight excluding hydrogens is 344 g/mol. The molecule has 0 aromatic heterocycles. The number of hydrogen-bond donors (Lipinski definition) is 1. The summed E-state index contributed by atoms with van der Waals surface area (Å²) >= 11 is 0. The molecule has 134 valence electrons. The van der Waals surface area contributed by atoms with Crippen molar-refractivity contribution in [3.05, 3.63) is 35.4 Å². The zero-order chi connectivity index (χ0) is 18.5. The first-order chi connectivity index (χ1) is 10.9. The van der Waals surface area contributed by atoms with Crippen molar-refractivity contribution in [1.29, 1.82) is 0 Å². The first-order valence-corrected chi connectivity index (χ1v) is 6.59. The topological polar surface area (TPSA) is 55.4 Å². The quantitative estimate of drug-likeness (QED) is 0.649. The molecule has 1 aromatic carbocycles. The van der Waals surface area contributed by atoms with Crippen LogP contribution in [-0.4, -0.2) is 24.6 Å². The molecule has 0 spiro atoms. The third-order valence-corrected chi connectivity index (χ3v) is 2.77. The van der Waals surface area contributed by atoms with E-state index in [1.165, 1.54) is 0 Å². The van der Waals surface area contributed by atoms with E-state index < -0.39 is 47.9 Å². The number of hydrogen-bond acceptors (Lipinski definition) is 3. The van der Waals surface area contributed by atoms with Crippen molar-refractivity contribution in [2.75, 3.05) is 6.54 Å². The van der Waals surface area contributed by atoms with Gasteiger partial charge in [0, 0.05) is 19.0 Å². The summed E-state index contributed by atoms with van der Waals surface area (Å²) in [7, 11) is 0. The largest absolute Gasteiger partial charge is 0.448 e. The molecular formula is C14H13F6NO3. The molecule has 0 fully saturated rings. The minimum atomic E-state index is -5.09. The van der Waals surface area contributed by atoms with Crippen LogP contribution in [0, 0.1) is 0 Å². The lowest BCUT2D eigenvalue weighted by Gasteiger charge is -2.22. The highest BCUT2D eigenvalue weighted by Gasteiger charge is 2.45. The average molecular weight is 357 g/mol. The Morgan fingerprint density at radius 3 is 2.29 bits per heavy atom. The lowest BCUT2D eigenvalue weighted by molar-refractivity contribution is -0.224. The van der Waals surface area contributed by atoms with Gasteiger partial charge >= 0.3 is 18.3 Å². The lowest BCUT2D eigenvalue weighted by atomic mass is 10.1. The van der Waals surface area contributed by atoms with Gasteiger partial charge in [0.25, 0.3) is 0 Å². The highest BCUT2D eigenvalue weighted by Crippen LogP contribution is 2.38. The number of carbonyl (C=O) groups excluding carboxylic acids is 2. The van der Waals surface area contributed by atoms with Crippen LogP contribution >= 0.6 is 0 Å². The first-order valence-electron chi connectivity index (χ1n) is 6.59. The number of halogens is 6. The van der Waals surface area contributed by atoms with E-state index >= 15 is 0 Å². The second kappa shape index (κ2) is 7.54. The Hall–Kier alpha value is -2.26.